The molecule has 0 unspecified atom stereocenters. The summed E-state index contributed by atoms with van der Waals surface area (Å²) in [7, 11) is -3.36. The molecule has 0 bridgehead atoms. The van der Waals surface area contributed by atoms with Gasteiger partial charge in [-0.15, -0.1) is 0 Å². The molecule has 0 spiro atoms. The highest BCUT2D eigenvalue weighted by molar-refractivity contribution is 7.95. The summed E-state index contributed by atoms with van der Waals surface area (Å²) in [5.41, 5.74) is 1.20. The lowest BCUT2D eigenvalue weighted by Gasteiger charge is -2.18. The van der Waals surface area contributed by atoms with Gasteiger partial charge in [0.05, 0.1) is 4.90 Å². The van der Waals surface area contributed by atoms with Crippen LogP contribution in [0.3, 0.4) is 0 Å². The van der Waals surface area contributed by atoms with Crippen molar-refractivity contribution in [3.8, 4) is 0 Å². The molecule has 2 nitrogen and oxygen atoms in total. The van der Waals surface area contributed by atoms with Crippen molar-refractivity contribution < 1.29 is 8.42 Å². The summed E-state index contributed by atoms with van der Waals surface area (Å²) < 4.78 is 24.6. The zero-order valence-corrected chi connectivity index (χ0v) is 13.1. The van der Waals surface area contributed by atoms with Crippen molar-refractivity contribution in [1.29, 1.82) is 0 Å². The van der Waals surface area contributed by atoms with E-state index in [-0.39, 0.29) is 5.41 Å². The fourth-order valence-electron chi connectivity index (χ4n) is 1.37. The van der Waals surface area contributed by atoms with Crippen molar-refractivity contribution in [2.24, 2.45) is 5.41 Å². The molecule has 0 saturated heterocycles. The summed E-state index contributed by atoms with van der Waals surface area (Å²) in [4.78, 5) is 0.702. The molecule has 0 aliphatic heterocycles. The van der Waals surface area contributed by atoms with Crippen LogP contribution in [0.15, 0.2) is 57.9 Å². The van der Waals surface area contributed by atoms with Gasteiger partial charge in [0, 0.05) is 4.91 Å². The van der Waals surface area contributed by atoms with Crippen LogP contribution >= 0.6 is 0 Å². The number of hydrogen-bond acceptors (Lipinski definition) is 2. The van der Waals surface area contributed by atoms with Gasteiger partial charge in [-0.3, -0.25) is 0 Å². The molecule has 0 saturated carbocycles. The average molecular weight is 278 g/mol. The van der Waals surface area contributed by atoms with Crippen molar-refractivity contribution in [1.82, 2.24) is 0 Å². The Balaban J connectivity index is 3.11. The molecule has 0 fully saturated rings. The number of benzene rings is 1. The second-order valence-corrected chi connectivity index (χ2v) is 7.82. The largest absolute Gasteiger partial charge is 0.219 e. The molecule has 0 aliphatic carbocycles. The van der Waals surface area contributed by atoms with Gasteiger partial charge in [-0.25, -0.2) is 8.42 Å². The highest BCUT2D eigenvalue weighted by Crippen LogP contribution is 2.25. The van der Waals surface area contributed by atoms with E-state index in [9.17, 15) is 8.42 Å². The van der Waals surface area contributed by atoms with Gasteiger partial charge < -0.3 is 0 Å². The van der Waals surface area contributed by atoms with E-state index in [1.165, 1.54) is 0 Å². The van der Waals surface area contributed by atoms with Crippen LogP contribution in [0.5, 0.6) is 0 Å². The molecule has 1 aromatic carbocycles. The van der Waals surface area contributed by atoms with E-state index in [0.29, 0.717) is 9.80 Å². The first-order valence-electron chi connectivity index (χ1n) is 6.31. The van der Waals surface area contributed by atoms with Crippen molar-refractivity contribution >= 4 is 9.84 Å². The van der Waals surface area contributed by atoms with Gasteiger partial charge in [0.2, 0.25) is 9.84 Å². The molecule has 1 aromatic rings. The van der Waals surface area contributed by atoms with Gasteiger partial charge in [-0.1, -0.05) is 50.6 Å². The third-order valence-corrected chi connectivity index (χ3v) is 5.11. The zero-order chi connectivity index (χ0) is 14.7. The minimum Gasteiger partial charge on any atom is -0.219 e. The van der Waals surface area contributed by atoms with Crippen LogP contribution in [0, 0.1) is 5.41 Å². The third kappa shape index (κ3) is 4.06. The van der Waals surface area contributed by atoms with Gasteiger partial charge in [0.15, 0.2) is 0 Å². The number of rotatable bonds is 3. The highest BCUT2D eigenvalue weighted by atomic mass is 32.2. The maximum atomic E-state index is 12.3. The van der Waals surface area contributed by atoms with E-state index in [4.69, 9.17) is 0 Å². The van der Waals surface area contributed by atoms with E-state index in [1.807, 2.05) is 19.1 Å². The molecular weight excluding hydrogens is 256 g/mol. The van der Waals surface area contributed by atoms with Crippen molar-refractivity contribution in [2.75, 3.05) is 0 Å². The summed E-state index contributed by atoms with van der Waals surface area (Å²) in [5.74, 6) is 0. The quantitative estimate of drug-likeness (QED) is 0.770. The van der Waals surface area contributed by atoms with E-state index in [0.717, 1.165) is 5.57 Å². The van der Waals surface area contributed by atoms with E-state index >= 15 is 0 Å². The summed E-state index contributed by atoms with van der Waals surface area (Å²) in [6.07, 6.45) is 3.57. The molecule has 0 atom stereocenters. The minimum absolute atomic E-state index is 0.0489. The number of sulfone groups is 1. The topological polar surface area (TPSA) is 34.1 Å². The lowest BCUT2D eigenvalue weighted by atomic mass is 9.87. The fraction of sp³-hybridized carbons (Fsp3) is 0.375. The lowest BCUT2D eigenvalue weighted by molar-refractivity contribution is 0.504. The summed E-state index contributed by atoms with van der Waals surface area (Å²) in [5, 5.41) is 0. The predicted molar refractivity (Wildman–Crippen MR) is 80.6 cm³/mol. The number of hydrogen-bond donors (Lipinski definition) is 0. The van der Waals surface area contributed by atoms with Gasteiger partial charge in [-0.2, -0.15) is 0 Å². The summed E-state index contributed by atoms with van der Waals surface area (Å²) in [6.45, 7) is 9.96. The summed E-state index contributed by atoms with van der Waals surface area (Å²) >= 11 is 0. The van der Waals surface area contributed by atoms with Crippen LogP contribution in [0.1, 0.15) is 34.6 Å². The molecule has 19 heavy (non-hydrogen) atoms. The first kappa shape index (κ1) is 15.7. The first-order valence-corrected chi connectivity index (χ1v) is 7.80. The molecule has 0 N–H and O–H groups in total. The summed E-state index contributed by atoms with van der Waals surface area (Å²) in [6, 6.07) is 8.51. The zero-order valence-electron chi connectivity index (χ0n) is 12.3. The number of allylic oxidation sites excluding steroid dienone is 4. The SMILES string of the molecule is C/C(=C/C=C(\C)C(C)(C)C)S(=O)(=O)c1ccccc1. The fourth-order valence-corrected chi connectivity index (χ4v) is 2.50. The molecule has 0 heterocycles. The van der Waals surface area contributed by atoms with Crippen LogP contribution < -0.4 is 0 Å². The highest BCUT2D eigenvalue weighted by Gasteiger charge is 2.16. The van der Waals surface area contributed by atoms with Crippen LogP contribution in [0.4, 0.5) is 0 Å². The standard InChI is InChI=1S/C16H22O2S/c1-13(16(3,4)5)11-12-14(2)19(17,18)15-9-7-6-8-10-15/h6-12H,1-5H3/b13-11+,14-12-. The van der Waals surface area contributed by atoms with E-state index < -0.39 is 9.84 Å². The first-order chi connectivity index (χ1) is 8.65. The van der Waals surface area contributed by atoms with Gasteiger partial charge in [0.25, 0.3) is 0 Å². The second-order valence-electron chi connectivity index (χ2n) is 5.69. The maximum absolute atomic E-state index is 12.3. The van der Waals surface area contributed by atoms with Gasteiger partial charge in [-0.05, 0) is 37.5 Å². The van der Waals surface area contributed by atoms with Crippen LogP contribution in [0.2, 0.25) is 0 Å². The van der Waals surface area contributed by atoms with Crippen LogP contribution in [-0.4, -0.2) is 8.42 Å². The van der Waals surface area contributed by atoms with Crippen molar-refractivity contribution in [3.05, 3.63) is 53.0 Å². The predicted octanol–water partition coefficient (Wildman–Crippen LogP) is 4.36. The Morgan fingerprint density at radius 3 is 2.00 bits per heavy atom. The molecule has 0 amide bonds. The van der Waals surface area contributed by atoms with Crippen molar-refractivity contribution in [2.45, 2.75) is 39.5 Å². The smallest absolute Gasteiger partial charge is 0.202 e. The van der Waals surface area contributed by atoms with Gasteiger partial charge in [0.1, 0.15) is 0 Å². The Bertz CT molecular complexity index is 585. The monoisotopic (exact) mass is 278 g/mol. The van der Waals surface area contributed by atoms with Gasteiger partial charge >= 0.3 is 0 Å². The molecule has 0 aromatic heterocycles. The maximum Gasteiger partial charge on any atom is 0.202 e. The molecule has 3 heteroatoms. The molecule has 104 valence electrons. The molecule has 1 rings (SSSR count). The Hall–Kier alpha value is -1.35. The van der Waals surface area contributed by atoms with E-state index in [2.05, 4.69) is 20.8 Å². The molecule has 0 radical (unpaired) electrons. The average Bonchev–Trinajstić information content (AvgIpc) is 2.35. The molecule has 0 aliphatic rings. The lowest BCUT2D eigenvalue weighted by Crippen LogP contribution is -2.06. The van der Waals surface area contributed by atoms with Crippen molar-refractivity contribution in [3.63, 3.8) is 0 Å². The Labute approximate surface area is 116 Å². The second kappa shape index (κ2) is 5.74. The van der Waals surface area contributed by atoms with Crippen LogP contribution in [0.25, 0.3) is 0 Å². The Morgan fingerprint density at radius 2 is 1.53 bits per heavy atom. The normalized spacial score (nSPS) is 14.6. The third-order valence-electron chi connectivity index (χ3n) is 3.23. The molecular formula is C16H22O2S. The Kier molecular flexibility index (Phi) is 4.75. The van der Waals surface area contributed by atoms with E-state index in [1.54, 1.807) is 37.3 Å². The Morgan fingerprint density at radius 1 is 1.00 bits per heavy atom. The minimum atomic E-state index is -3.36. The van der Waals surface area contributed by atoms with Crippen LogP contribution in [-0.2, 0) is 9.84 Å².